The van der Waals surface area contributed by atoms with Crippen LogP contribution in [0, 0.1) is 6.92 Å². The molecule has 0 heterocycles. The zero-order valence-electron chi connectivity index (χ0n) is 20.6. The van der Waals surface area contributed by atoms with Gasteiger partial charge in [-0.05, 0) is 73.5 Å². The Labute approximate surface area is 218 Å². The van der Waals surface area contributed by atoms with E-state index in [1.807, 2.05) is 0 Å². The Morgan fingerprint density at radius 3 is 2.05 bits per heavy atom. The Morgan fingerprint density at radius 1 is 0.868 bits per heavy atom. The molecule has 38 heavy (non-hydrogen) atoms. The molecule has 0 atom stereocenters. The second-order valence-corrected chi connectivity index (χ2v) is 10.2. The largest absolute Gasteiger partial charge is 0.465 e. The number of carbonyl (C=O) groups is 2. The van der Waals surface area contributed by atoms with Crippen LogP contribution in [-0.2, 0) is 31.3 Å². The van der Waals surface area contributed by atoms with Crippen LogP contribution < -0.4 is 16.0 Å². The lowest BCUT2D eigenvalue weighted by molar-refractivity contribution is -0.141. The first kappa shape index (κ1) is 28.5. The molecule has 3 rings (SSSR count). The lowest BCUT2D eigenvalue weighted by atomic mass is 10.2. The van der Waals surface area contributed by atoms with Gasteiger partial charge in [-0.3, -0.25) is 4.79 Å². The van der Waals surface area contributed by atoms with Crippen LogP contribution in [0.2, 0.25) is 0 Å². The number of nitrogens with one attached hydrogen (secondary N) is 3. The summed E-state index contributed by atoms with van der Waals surface area (Å²) >= 11 is 0. The molecule has 3 N–H and O–H groups in total. The SMILES string of the molecule is CCOC(=O)CNc1ccc(CS(=O)(=O)c2cc(NC(=O)Nc3ccc(C(F)(F)F)cc3)ccc2C)cc1. The van der Waals surface area contributed by atoms with E-state index in [4.69, 9.17) is 4.74 Å². The molecule has 8 nitrogen and oxygen atoms in total. The Morgan fingerprint density at radius 2 is 1.45 bits per heavy atom. The van der Waals surface area contributed by atoms with E-state index in [1.165, 1.54) is 12.1 Å². The number of alkyl halides is 3. The quantitative estimate of drug-likeness (QED) is 0.299. The summed E-state index contributed by atoms with van der Waals surface area (Å²) in [6.45, 7) is 3.59. The van der Waals surface area contributed by atoms with Crippen molar-refractivity contribution in [1.82, 2.24) is 0 Å². The fourth-order valence-corrected chi connectivity index (χ4v) is 5.10. The van der Waals surface area contributed by atoms with Gasteiger partial charge >= 0.3 is 18.2 Å². The maximum Gasteiger partial charge on any atom is 0.416 e. The molecule has 3 aromatic rings. The van der Waals surface area contributed by atoms with Crippen molar-refractivity contribution in [3.8, 4) is 0 Å². The first-order valence-electron chi connectivity index (χ1n) is 11.4. The number of carbonyl (C=O) groups excluding carboxylic acids is 2. The van der Waals surface area contributed by atoms with E-state index in [0.717, 1.165) is 24.3 Å². The zero-order valence-corrected chi connectivity index (χ0v) is 21.4. The average Bonchev–Trinajstić information content (AvgIpc) is 2.84. The van der Waals surface area contributed by atoms with Gasteiger partial charge in [-0.1, -0.05) is 18.2 Å². The molecular formula is C26H26F3N3O5S. The van der Waals surface area contributed by atoms with Crippen LogP contribution in [0.4, 0.5) is 35.0 Å². The molecule has 0 spiro atoms. The van der Waals surface area contributed by atoms with Crippen LogP contribution in [0.25, 0.3) is 0 Å². The summed E-state index contributed by atoms with van der Waals surface area (Å²) in [5, 5.41) is 7.80. The van der Waals surface area contributed by atoms with E-state index in [0.29, 0.717) is 16.8 Å². The summed E-state index contributed by atoms with van der Waals surface area (Å²) in [5.74, 6) is -0.705. The van der Waals surface area contributed by atoms with Crippen LogP contribution in [0.1, 0.15) is 23.6 Å². The molecule has 0 aliphatic rings. The number of aryl methyl sites for hydroxylation is 1. The number of halogens is 3. The van der Waals surface area contributed by atoms with Gasteiger partial charge in [0.25, 0.3) is 0 Å². The molecule has 202 valence electrons. The lowest BCUT2D eigenvalue weighted by Gasteiger charge is -2.13. The summed E-state index contributed by atoms with van der Waals surface area (Å²) in [5.41, 5.74) is 1.10. The predicted molar refractivity (Wildman–Crippen MR) is 138 cm³/mol. The standard InChI is InChI=1S/C26H26F3N3O5S/c1-3-37-24(33)15-30-20-10-5-18(6-11-20)16-38(35,36)23-14-22(9-4-17(23)2)32-25(34)31-21-12-7-19(8-13-21)26(27,28)29/h4-14,30H,3,15-16H2,1-2H3,(H2,31,32,34). The predicted octanol–water partition coefficient (Wildman–Crippen LogP) is 5.61. The third-order valence-electron chi connectivity index (χ3n) is 5.30. The summed E-state index contributed by atoms with van der Waals surface area (Å²) in [4.78, 5) is 23.8. The monoisotopic (exact) mass is 549 g/mol. The molecule has 0 aliphatic heterocycles. The Hall–Kier alpha value is -4.06. The maximum absolute atomic E-state index is 13.1. The molecule has 0 aromatic heterocycles. The number of sulfone groups is 1. The molecule has 0 radical (unpaired) electrons. The second-order valence-electron chi connectivity index (χ2n) is 8.25. The van der Waals surface area contributed by atoms with Crippen molar-refractivity contribution < 1.29 is 35.9 Å². The molecule has 0 saturated heterocycles. The number of urea groups is 1. The van der Waals surface area contributed by atoms with E-state index in [9.17, 15) is 31.2 Å². The summed E-state index contributed by atoms with van der Waals surface area (Å²) in [6, 6.07) is 14.1. The van der Waals surface area contributed by atoms with Crippen LogP contribution in [-0.4, -0.2) is 33.6 Å². The second kappa shape index (κ2) is 12.0. The average molecular weight is 550 g/mol. The van der Waals surface area contributed by atoms with Crippen molar-refractivity contribution in [2.24, 2.45) is 0 Å². The zero-order chi connectivity index (χ0) is 27.9. The lowest BCUT2D eigenvalue weighted by Crippen LogP contribution is -2.20. The van der Waals surface area contributed by atoms with Gasteiger partial charge in [0.05, 0.1) is 22.8 Å². The fourth-order valence-electron chi connectivity index (χ4n) is 3.45. The highest BCUT2D eigenvalue weighted by molar-refractivity contribution is 7.90. The number of rotatable bonds is 9. The molecule has 0 saturated carbocycles. The Balaban J connectivity index is 1.66. The molecule has 0 bridgehead atoms. The van der Waals surface area contributed by atoms with Gasteiger partial charge < -0.3 is 20.7 Å². The molecular weight excluding hydrogens is 523 g/mol. The number of esters is 1. The van der Waals surface area contributed by atoms with E-state index < -0.39 is 33.6 Å². The van der Waals surface area contributed by atoms with E-state index in [2.05, 4.69) is 16.0 Å². The highest BCUT2D eigenvalue weighted by Crippen LogP contribution is 2.30. The van der Waals surface area contributed by atoms with Crippen LogP contribution >= 0.6 is 0 Å². The number of amides is 2. The molecule has 0 aliphatic carbocycles. The number of hydrogen-bond donors (Lipinski definition) is 3. The third kappa shape index (κ3) is 7.97. The van der Waals surface area contributed by atoms with Crippen LogP contribution in [0.5, 0.6) is 0 Å². The normalized spacial score (nSPS) is 11.5. The maximum atomic E-state index is 13.1. The minimum Gasteiger partial charge on any atom is -0.465 e. The molecule has 0 fully saturated rings. The number of benzene rings is 3. The minimum absolute atomic E-state index is 0.0169. The highest BCUT2D eigenvalue weighted by atomic mass is 32.2. The molecule has 0 unspecified atom stereocenters. The molecule has 12 heteroatoms. The third-order valence-corrected chi connectivity index (χ3v) is 7.13. The topological polar surface area (TPSA) is 114 Å². The first-order chi connectivity index (χ1) is 17.9. The number of anilines is 3. The highest BCUT2D eigenvalue weighted by Gasteiger charge is 2.30. The van der Waals surface area contributed by atoms with Crippen LogP contribution in [0.3, 0.4) is 0 Å². The summed E-state index contributed by atoms with van der Waals surface area (Å²) < 4.78 is 69.2. The summed E-state index contributed by atoms with van der Waals surface area (Å²) in [7, 11) is -3.80. The fraction of sp³-hybridized carbons (Fsp3) is 0.231. The van der Waals surface area contributed by atoms with Crippen molar-refractivity contribution >= 4 is 38.9 Å². The van der Waals surface area contributed by atoms with Gasteiger partial charge in [0, 0.05) is 17.1 Å². The van der Waals surface area contributed by atoms with Gasteiger partial charge in [-0.2, -0.15) is 13.2 Å². The molecule has 3 aromatic carbocycles. The van der Waals surface area contributed by atoms with Crippen molar-refractivity contribution in [1.29, 1.82) is 0 Å². The van der Waals surface area contributed by atoms with Crippen molar-refractivity contribution in [2.75, 3.05) is 29.1 Å². The number of hydrogen-bond acceptors (Lipinski definition) is 6. The van der Waals surface area contributed by atoms with Crippen molar-refractivity contribution in [3.05, 3.63) is 83.4 Å². The van der Waals surface area contributed by atoms with Crippen molar-refractivity contribution in [2.45, 2.75) is 30.7 Å². The van der Waals surface area contributed by atoms with Gasteiger partial charge in [0.2, 0.25) is 0 Å². The first-order valence-corrected chi connectivity index (χ1v) is 13.1. The van der Waals surface area contributed by atoms with Gasteiger partial charge in [-0.15, -0.1) is 0 Å². The van der Waals surface area contributed by atoms with Gasteiger partial charge in [-0.25, -0.2) is 13.2 Å². The summed E-state index contributed by atoms with van der Waals surface area (Å²) in [6.07, 6.45) is -4.49. The smallest absolute Gasteiger partial charge is 0.416 e. The number of ether oxygens (including phenoxy) is 1. The van der Waals surface area contributed by atoms with E-state index in [1.54, 1.807) is 44.2 Å². The van der Waals surface area contributed by atoms with Gasteiger partial charge in [0.15, 0.2) is 9.84 Å². The van der Waals surface area contributed by atoms with Crippen molar-refractivity contribution in [3.63, 3.8) is 0 Å². The van der Waals surface area contributed by atoms with Crippen LogP contribution in [0.15, 0.2) is 71.6 Å². The van der Waals surface area contributed by atoms with Gasteiger partial charge in [0.1, 0.15) is 6.54 Å². The Bertz CT molecular complexity index is 1390. The Kier molecular flexibility index (Phi) is 9.00. The minimum atomic E-state index is -4.49. The molecule has 2 amide bonds. The van der Waals surface area contributed by atoms with E-state index >= 15 is 0 Å². The van der Waals surface area contributed by atoms with E-state index in [-0.39, 0.29) is 35.2 Å².